The molecule has 2 heteroatoms. The van der Waals surface area contributed by atoms with Crippen molar-refractivity contribution in [3.05, 3.63) is 35.4 Å². The summed E-state index contributed by atoms with van der Waals surface area (Å²) in [7, 11) is 0. The van der Waals surface area contributed by atoms with Crippen molar-refractivity contribution in [1.82, 2.24) is 0 Å². The monoisotopic (exact) mass is 181 g/mol. The smallest absolute Gasteiger partial charge is 0.0158 e. The molecule has 0 aromatic heterocycles. The molecule has 0 saturated carbocycles. The minimum absolute atomic E-state index is 0. The van der Waals surface area contributed by atoms with Crippen molar-refractivity contribution in [2.45, 2.75) is 19.8 Å². The number of hydrogen-bond donors (Lipinski definition) is 1. The zero-order valence-corrected chi connectivity index (χ0v) is 9.09. The van der Waals surface area contributed by atoms with Gasteiger partial charge in [0, 0.05) is 12.1 Å². The fourth-order valence-corrected chi connectivity index (χ4v) is 0.966. The van der Waals surface area contributed by atoms with Crippen LogP contribution < -0.4 is 0 Å². The Kier molecular flexibility index (Phi) is 4.77. The van der Waals surface area contributed by atoms with E-state index in [4.69, 9.17) is 5.41 Å². The average molecular weight is 181 g/mol. The Balaban J connectivity index is 0.00000121. The summed E-state index contributed by atoms with van der Waals surface area (Å²) < 4.78 is 0. The van der Waals surface area contributed by atoms with Gasteiger partial charge in [-0.2, -0.15) is 9.90 Å². The Bertz CT molecular complexity index is 241. The van der Waals surface area contributed by atoms with Crippen LogP contribution in [0.25, 0.3) is 0 Å². The van der Waals surface area contributed by atoms with Gasteiger partial charge in [-0.05, 0) is 12.5 Å². The molecule has 66 valence electrons. The molecule has 1 aromatic carbocycles. The van der Waals surface area contributed by atoms with Crippen molar-refractivity contribution in [2.75, 3.05) is 0 Å². The summed E-state index contributed by atoms with van der Waals surface area (Å²) >= 11 is 0. The molecule has 12 heavy (non-hydrogen) atoms. The number of nitrogens with one attached hydrogen (secondary N) is 1. The molecule has 1 rings (SSSR count). The van der Waals surface area contributed by atoms with Crippen LogP contribution in [0.4, 0.5) is 0 Å². The normalized spacial score (nSPS) is 11.5. The number of rotatable bonds is 2. The van der Waals surface area contributed by atoms with Crippen LogP contribution in [0.1, 0.15) is 24.0 Å². The van der Waals surface area contributed by atoms with Crippen LogP contribution in [-0.4, -0.2) is 6.21 Å². The summed E-state index contributed by atoms with van der Waals surface area (Å²) in [5.41, 5.74) is 2.48. The van der Waals surface area contributed by atoms with Crippen molar-refractivity contribution < 1.29 is 0 Å². The standard InChI is InChI=1S/C10H13N.H3P/c1-8-3-5-10(6-4-8)9(2)7-11;/h3-7,9,11H,1-2H3;1H3. The Morgan fingerprint density at radius 1 is 1.25 bits per heavy atom. The third-order valence-electron chi connectivity index (χ3n) is 1.85. The lowest BCUT2D eigenvalue weighted by Crippen LogP contribution is -1.92. The minimum atomic E-state index is 0. The van der Waals surface area contributed by atoms with Gasteiger partial charge in [0.05, 0.1) is 0 Å². The first kappa shape index (κ1) is 11.3. The predicted octanol–water partition coefficient (Wildman–Crippen LogP) is 2.81. The summed E-state index contributed by atoms with van der Waals surface area (Å²) in [4.78, 5) is 0. The molecular formula is C10H16NP. The second kappa shape index (κ2) is 5.05. The van der Waals surface area contributed by atoms with E-state index < -0.39 is 0 Å². The highest BCUT2D eigenvalue weighted by Gasteiger charge is 1.98. The van der Waals surface area contributed by atoms with Gasteiger partial charge in [0.25, 0.3) is 0 Å². The topological polar surface area (TPSA) is 23.9 Å². The fourth-order valence-electron chi connectivity index (χ4n) is 0.966. The van der Waals surface area contributed by atoms with Crippen molar-refractivity contribution >= 4 is 16.1 Å². The minimum Gasteiger partial charge on any atom is -0.312 e. The highest BCUT2D eigenvalue weighted by molar-refractivity contribution is 6.92. The number of aryl methyl sites for hydroxylation is 1. The van der Waals surface area contributed by atoms with E-state index in [1.54, 1.807) is 0 Å². The van der Waals surface area contributed by atoms with E-state index in [9.17, 15) is 0 Å². The lowest BCUT2D eigenvalue weighted by Gasteiger charge is -2.04. The summed E-state index contributed by atoms with van der Waals surface area (Å²) in [5, 5.41) is 7.07. The van der Waals surface area contributed by atoms with Gasteiger partial charge >= 0.3 is 0 Å². The van der Waals surface area contributed by atoms with Crippen molar-refractivity contribution in [1.29, 1.82) is 5.41 Å². The van der Waals surface area contributed by atoms with Crippen LogP contribution in [0, 0.1) is 12.3 Å². The van der Waals surface area contributed by atoms with Gasteiger partial charge in [-0.15, -0.1) is 0 Å². The molecule has 0 aliphatic carbocycles. The van der Waals surface area contributed by atoms with Crippen LogP contribution in [0.3, 0.4) is 0 Å². The van der Waals surface area contributed by atoms with Crippen LogP contribution in [0.2, 0.25) is 0 Å². The van der Waals surface area contributed by atoms with E-state index >= 15 is 0 Å². The van der Waals surface area contributed by atoms with Gasteiger partial charge in [0.1, 0.15) is 0 Å². The summed E-state index contributed by atoms with van der Waals surface area (Å²) in [5.74, 6) is 0.246. The molecule has 0 amide bonds. The van der Waals surface area contributed by atoms with Gasteiger partial charge < -0.3 is 5.41 Å². The molecule has 0 spiro atoms. The molecule has 1 N–H and O–H groups in total. The lowest BCUT2D eigenvalue weighted by molar-refractivity contribution is 1.03. The maximum absolute atomic E-state index is 7.07. The summed E-state index contributed by atoms with van der Waals surface area (Å²) in [6.45, 7) is 4.09. The van der Waals surface area contributed by atoms with E-state index in [-0.39, 0.29) is 15.8 Å². The van der Waals surface area contributed by atoms with E-state index in [1.165, 1.54) is 17.3 Å². The summed E-state index contributed by atoms with van der Waals surface area (Å²) in [6, 6.07) is 8.31. The van der Waals surface area contributed by atoms with Crippen LogP contribution in [-0.2, 0) is 0 Å². The van der Waals surface area contributed by atoms with E-state index in [0.717, 1.165) is 0 Å². The van der Waals surface area contributed by atoms with Crippen LogP contribution >= 0.6 is 9.90 Å². The Labute approximate surface area is 77.3 Å². The maximum Gasteiger partial charge on any atom is 0.0158 e. The largest absolute Gasteiger partial charge is 0.312 e. The molecule has 2 atom stereocenters. The second-order valence-electron chi connectivity index (χ2n) is 2.87. The van der Waals surface area contributed by atoms with Crippen molar-refractivity contribution in [3.8, 4) is 0 Å². The molecule has 0 aliphatic heterocycles. The average Bonchev–Trinajstić information content (AvgIpc) is 2.05. The molecule has 0 aliphatic rings. The quantitative estimate of drug-likeness (QED) is 0.536. The third kappa shape index (κ3) is 2.75. The Hall–Kier alpha value is -0.680. The second-order valence-corrected chi connectivity index (χ2v) is 2.87. The third-order valence-corrected chi connectivity index (χ3v) is 1.85. The van der Waals surface area contributed by atoms with Gasteiger partial charge in [-0.25, -0.2) is 0 Å². The first-order chi connectivity index (χ1) is 5.24. The molecule has 0 saturated heterocycles. The highest BCUT2D eigenvalue weighted by Crippen LogP contribution is 2.12. The molecule has 0 bridgehead atoms. The predicted molar refractivity (Wildman–Crippen MR) is 59.5 cm³/mol. The van der Waals surface area contributed by atoms with E-state index in [1.807, 2.05) is 6.92 Å². The van der Waals surface area contributed by atoms with E-state index in [2.05, 4.69) is 31.2 Å². The van der Waals surface area contributed by atoms with Gasteiger partial charge in [0.2, 0.25) is 0 Å². The summed E-state index contributed by atoms with van der Waals surface area (Å²) in [6.07, 6.45) is 1.46. The molecule has 1 aromatic rings. The van der Waals surface area contributed by atoms with Crippen molar-refractivity contribution in [3.63, 3.8) is 0 Å². The number of hydrogen-bond acceptors (Lipinski definition) is 1. The highest BCUT2D eigenvalue weighted by atomic mass is 31.0. The zero-order chi connectivity index (χ0) is 8.27. The van der Waals surface area contributed by atoms with E-state index in [0.29, 0.717) is 0 Å². The number of benzene rings is 1. The Morgan fingerprint density at radius 2 is 1.75 bits per heavy atom. The van der Waals surface area contributed by atoms with Crippen LogP contribution in [0.15, 0.2) is 24.3 Å². The molecule has 0 heterocycles. The first-order valence-corrected chi connectivity index (χ1v) is 3.81. The molecule has 1 nitrogen and oxygen atoms in total. The van der Waals surface area contributed by atoms with Crippen molar-refractivity contribution in [2.24, 2.45) is 0 Å². The van der Waals surface area contributed by atoms with Crippen LogP contribution in [0.5, 0.6) is 0 Å². The Morgan fingerprint density at radius 3 is 2.17 bits per heavy atom. The van der Waals surface area contributed by atoms with Gasteiger partial charge in [-0.3, -0.25) is 0 Å². The molecule has 2 unspecified atom stereocenters. The van der Waals surface area contributed by atoms with Gasteiger partial charge in [0.15, 0.2) is 0 Å². The fraction of sp³-hybridized carbons (Fsp3) is 0.300. The molecule has 0 fully saturated rings. The lowest BCUT2D eigenvalue weighted by atomic mass is 10.0. The molecule has 0 radical (unpaired) electrons. The maximum atomic E-state index is 7.07. The zero-order valence-electron chi connectivity index (χ0n) is 7.67. The SMILES string of the molecule is Cc1ccc(C(C)C=N)cc1.P. The first-order valence-electron chi connectivity index (χ1n) is 3.81. The molecular weight excluding hydrogens is 165 g/mol. The van der Waals surface area contributed by atoms with Gasteiger partial charge in [-0.1, -0.05) is 36.8 Å².